The van der Waals surface area contributed by atoms with Crippen LogP contribution in [0.25, 0.3) is 21.5 Å². The van der Waals surface area contributed by atoms with Crippen LogP contribution in [0.2, 0.25) is 0 Å². The molecule has 5 aromatic rings. The second kappa shape index (κ2) is 18.9. The van der Waals surface area contributed by atoms with Crippen molar-refractivity contribution >= 4 is 33.5 Å². The van der Waals surface area contributed by atoms with Crippen molar-refractivity contribution in [3.8, 4) is 41.5 Å². The number of hydrogen-bond donors (Lipinski definition) is 0. The molecule has 52 heavy (non-hydrogen) atoms. The molecule has 0 unspecified atom stereocenters. The highest BCUT2D eigenvalue weighted by Crippen LogP contribution is 2.29. The van der Waals surface area contributed by atoms with Crippen LogP contribution in [-0.4, -0.2) is 38.4 Å². The molecule has 5 aromatic carbocycles. The van der Waals surface area contributed by atoms with E-state index in [1.165, 1.54) is 0 Å². The quantitative estimate of drug-likeness (QED) is 0.0570. The third kappa shape index (κ3) is 9.95. The van der Waals surface area contributed by atoms with Gasteiger partial charge < -0.3 is 18.9 Å². The summed E-state index contributed by atoms with van der Waals surface area (Å²) < 4.78 is 21.4. The van der Waals surface area contributed by atoms with Gasteiger partial charge in [0.25, 0.3) is 0 Å². The van der Waals surface area contributed by atoms with Crippen LogP contribution < -0.4 is 4.74 Å². The van der Waals surface area contributed by atoms with Gasteiger partial charge in [-0.3, -0.25) is 0 Å². The van der Waals surface area contributed by atoms with Gasteiger partial charge in [0.05, 0.1) is 19.8 Å². The molecule has 0 heterocycles. The fourth-order valence-corrected chi connectivity index (χ4v) is 5.36. The summed E-state index contributed by atoms with van der Waals surface area (Å²) in [5.74, 6) is 16.5. The van der Waals surface area contributed by atoms with Crippen LogP contribution in [0.4, 0.5) is 0 Å². The smallest absolute Gasteiger partial charge is 0.330 e. The first-order chi connectivity index (χ1) is 25.5. The van der Waals surface area contributed by atoms with Crippen molar-refractivity contribution in [3.63, 3.8) is 0 Å². The largest absolute Gasteiger partial charge is 0.493 e. The molecule has 0 spiro atoms. The number of hydrogen-bond acceptors (Lipinski definition) is 6. The Morgan fingerprint density at radius 1 is 0.596 bits per heavy atom. The van der Waals surface area contributed by atoms with Crippen LogP contribution in [0.1, 0.15) is 53.1 Å². The van der Waals surface area contributed by atoms with E-state index in [0.717, 1.165) is 79.2 Å². The van der Waals surface area contributed by atoms with Crippen molar-refractivity contribution < 1.29 is 28.5 Å². The Hall–Kier alpha value is -6.68. The summed E-state index contributed by atoms with van der Waals surface area (Å²) in [7, 11) is 0. The lowest BCUT2D eigenvalue weighted by molar-refractivity contribution is -0.138. The lowest BCUT2D eigenvalue weighted by Gasteiger charge is -2.11. The van der Waals surface area contributed by atoms with Gasteiger partial charge in [-0.1, -0.05) is 92.3 Å². The van der Waals surface area contributed by atoms with E-state index in [4.69, 9.17) is 18.9 Å². The molecule has 0 aliphatic rings. The SMILES string of the molecule is C=CC(=O)OCCCOC#Cc1ccc(C#Cc2ccc(C#Cc3ccc(OCCCOC(=O)C=C)c4ccccc34)c(CC)c2)c2ccccc12. The van der Waals surface area contributed by atoms with Crippen LogP contribution in [0.5, 0.6) is 5.75 Å². The maximum atomic E-state index is 11.3. The van der Waals surface area contributed by atoms with Crippen molar-refractivity contribution in [2.45, 2.75) is 26.2 Å². The highest BCUT2D eigenvalue weighted by molar-refractivity contribution is 5.94. The maximum Gasteiger partial charge on any atom is 0.330 e. The summed E-state index contributed by atoms with van der Waals surface area (Å²) in [4.78, 5) is 22.4. The molecule has 0 aliphatic heterocycles. The Morgan fingerprint density at radius 3 is 1.75 bits per heavy atom. The Bertz CT molecular complexity index is 2300. The molecule has 6 heteroatoms. The second-order valence-electron chi connectivity index (χ2n) is 11.5. The Morgan fingerprint density at radius 2 is 1.12 bits per heavy atom. The van der Waals surface area contributed by atoms with Crippen molar-refractivity contribution in [2.24, 2.45) is 0 Å². The molecule has 0 aromatic heterocycles. The van der Waals surface area contributed by atoms with Gasteiger partial charge in [-0.2, -0.15) is 0 Å². The standard InChI is InChI=1S/C46H38O6/c1-4-35-33-34(18-20-37-23-24-39(41-14-8-7-13-40(37)41)27-32-49-28-11-30-51-45(47)5-2)17-19-36(35)21-22-38-25-26-44(43-16-10-9-15-42(38)43)50-29-12-31-52-46(48)6-3/h5-10,13-17,19,23-26,33H,2-4,11-12,28-31H2,1H3. The number of benzene rings is 5. The minimum absolute atomic E-state index is 0.253. The zero-order valence-corrected chi connectivity index (χ0v) is 29.1. The van der Waals surface area contributed by atoms with Crippen molar-refractivity contribution in [2.75, 3.05) is 26.4 Å². The molecule has 0 bridgehead atoms. The van der Waals surface area contributed by atoms with Crippen LogP contribution in [-0.2, 0) is 30.2 Å². The number of carbonyl (C=O) groups is 2. The highest BCUT2D eigenvalue weighted by Gasteiger charge is 2.07. The first-order valence-electron chi connectivity index (χ1n) is 17.0. The van der Waals surface area contributed by atoms with Crippen LogP contribution in [0.15, 0.2) is 116 Å². The third-order valence-corrected chi connectivity index (χ3v) is 7.98. The number of esters is 2. The van der Waals surface area contributed by atoms with Crippen molar-refractivity contribution in [1.29, 1.82) is 0 Å². The lowest BCUT2D eigenvalue weighted by Crippen LogP contribution is -2.06. The minimum Gasteiger partial charge on any atom is -0.493 e. The van der Waals surface area contributed by atoms with E-state index >= 15 is 0 Å². The fraction of sp³-hybridized carbons (Fsp3) is 0.174. The zero-order chi connectivity index (χ0) is 36.5. The molecule has 0 aliphatic carbocycles. The van der Waals surface area contributed by atoms with Gasteiger partial charge in [-0.05, 0) is 71.1 Å². The Labute approximate surface area is 305 Å². The van der Waals surface area contributed by atoms with Gasteiger partial charge in [0.2, 0.25) is 0 Å². The van der Waals surface area contributed by atoms with E-state index in [1.807, 2.05) is 84.9 Å². The number of ether oxygens (including phenoxy) is 4. The third-order valence-electron chi connectivity index (χ3n) is 7.98. The normalized spacial score (nSPS) is 10.0. The number of fused-ring (bicyclic) bond motifs is 2. The Balaban J connectivity index is 1.29. The number of aryl methyl sites for hydroxylation is 1. The van der Waals surface area contributed by atoms with E-state index in [0.29, 0.717) is 26.1 Å². The average molecular weight is 687 g/mol. The predicted octanol–water partition coefficient (Wildman–Crippen LogP) is 8.30. The van der Waals surface area contributed by atoms with Crippen LogP contribution in [0, 0.1) is 35.7 Å². The summed E-state index contributed by atoms with van der Waals surface area (Å²) >= 11 is 0. The molecule has 258 valence electrons. The predicted molar refractivity (Wildman–Crippen MR) is 206 cm³/mol. The first-order valence-corrected chi connectivity index (χ1v) is 17.0. The molecule has 0 saturated carbocycles. The van der Waals surface area contributed by atoms with E-state index < -0.39 is 11.9 Å². The van der Waals surface area contributed by atoms with E-state index in [2.05, 4.69) is 61.9 Å². The second-order valence-corrected chi connectivity index (χ2v) is 11.5. The van der Waals surface area contributed by atoms with E-state index in [-0.39, 0.29) is 13.2 Å². The van der Waals surface area contributed by atoms with Gasteiger partial charge in [-0.25, -0.2) is 9.59 Å². The summed E-state index contributed by atoms with van der Waals surface area (Å²) in [6, 6.07) is 30.1. The van der Waals surface area contributed by atoms with Gasteiger partial charge in [0.15, 0.2) is 0 Å². The molecular formula is C46H38O6. The van der Waals surface area contributed by atoms with Crippen LogP contribution in [0.3, 0.4) is 0 Å². The van der Waals surface area contributed by atoms with Crippen molar-refractivity contribution in [1.82, 2.24) is 0 Å². The molecule has 6 nitrogen and oxygen atoms in total. The maximum absolute atomic E-state index is 11.3. The van der Waals surface area contributed by atoms with E-state index in [1.54, 1.807) is 0 Å². The summed E-state index contributed by atoms with van der Waals surface area (Å²) in [5.41, 5.74) is 5.65. The Kier molecular flexibility index (Phi) is 13.3. The van der Waals surface area contributed by atoms with Gasteiger partial charge in [0, 0.05) is 63.6 Å². The number of rotatable bonds is 12. The van der Waals surface area contributed by atoms with Gasteiger partial charge in [0.1, 0.15) is 18.5 Å². The first kappa shape index (κ1) is 36.6. The summed E-state index contributed by atoms with van der Waals surface area (Å²) in [5, 5.41) is 3.98. The van der Waals surface area contributed by atoms with Crippen LogP contribution >= 0.6 is 0 Å². The van der Waals surface area contributed by atoms with Crippen molar-refractivity contribution in [3.05, 3.63) is 150 Å². The zero-order valence-electron chi connectivity index (χ0n) is 29.1. The average Bonchev–Trinajstić information content (AvgIpc) is 3.19. The number of carbonyl (C=O) groups excluding carboxylic acids is 2. The highest BCUT2D eigenvalue weighted by atomic mass is 16.5. The molecule has 0 amide bonds. The molecular weight excluding hydrogens is 648 g/mol. The molecule has 0 radical (unpaired) electrons. The van der Waals surface area contributed by atoms with Gasteiger partial charge in [-0.15, -0.1) is 0 Å². The molecule has 0 saturated heterocycles. The fourth-order valence-electron chi connectivity index (χ4n) is 5.36. The molecule has 5 rings (SSSR count). The molecule has 0 N–H and O–H groups in total. The monoisotopic (exact) mass is 686 g/mol. The lowest BCUT2D eigenvalue weighted by atomic mass is 9.99. The molecule has 0 fully saturated rings. The topological polar surface area (TPSA) is 71.1 Å². The summed E-state index contributed by atoms with van der Waals surface area (Å²) in [6.07, 6.45) is 6.97. The summed E-state index contributed by atoms with van der Waals surface area (Å²) in [6.45, 7) is 10.2. The van der Waals surface area contributed by atoms with Gasteiger partial charge >= 0.3 is 11.9 Å². The minimum atomic E-state index is -0.450. The van der Waals surface area contributed by atoms with E-state index in [9.17, 15) is 9.59 Å². The molecule has 0 atom stereocenters.